The minimum Gasteiger partial charge on any atom is -0.497 e. The van der Waals surface area contributed by atoms with Gasteiger partial charge in [0.2, 0.25) is 5.91 Å². The van der Waals surface area contributed by atoms with E-state index < -0.39 is 0 Å². The Bertz CT molecular complexity index is 1370. The van der Waals surface area contributed by atoms with Gasteiger partial charge in [-0.3, -0.25) is 14.2 Å². The van der Waals surface area contributed by atoms with Crippen molar-refractivity contribution in [1.82, 2.24) is 20.0 Å². The van der Waals surface area contributed by atoms with Crippen LogP contribution in [-0.2, 0) is 11.3 Å². The molecule has 2 aromatic heterocycles. The topological polar surface area (TPSA) is 99.2 Å². The van der Waals surface area contributed by atoms with Gasteiger partial charge in [-0.25, -0.2) is 0 Å². The summed E-state index contributed by atoms with van der Waals surface area (Å²) in [5, 5.41) is 7.81. The van der Waals surface area contributed by atoms with Crippen LogP contribution >= 0.6 is 0 Å². The molecule has 33 heavy (non-hydrogen) atoms. The van der Waals surface area contributed by atoms with E-state index in [0.29, 0.717) is 28.7 Å². The predicted octanol–water partition coefficient (Wildman–Crippen LogP) is 3.81. The fourth-order valence-electron chi connectivity index (χ4n) is 3.93. The van der Waals surface area contributed by atoms with Crippen molar-refractivity contribution in [1.29, 1.82) is 0 Å². The first-order chi connectivity index (χ1) is 16.0. The number of pyridine rings is 1. The molecule has 0 radical (unpaired) electrons. The maximum Gasteiger partial charge on any atom is 0.258 e. The lowest BCUT2D eigenvalue weighted by Gasteiger charge is -2.17. The monoisotopic (exact) mass is 444 g/mol. The van der Waals surface area contributed by atoms with Crippen LogP contribution < -0.4 is 15.6 Å². The molecule has 1 aliphatic rings. The molecule has 5 rings (SSSR count). The van der Waals surface area contributed by atoms with Crippen molar-refractivity contribution >= 4 is 16.8 Å². The van der Waals surface area contributed by atoms with Gasteiger partial charge in [-0.1, -0.05) is 35.5 Å². The average Bonchev–Trinajstić information content (AvgIpc) is 3.57. The van der Waals surface area contributed by atoms with Gasteiger partial charge in [-0.15, -0.1) is 0 Å². The molecule has 0 saturated heterocycles. The summed E-state index contributed by atoms with van der Waals surface area (Å²) in [5.41, 5.74) is 1.86. The number of rotatable bonds is 7. The highest BCUT2D eigenvalue weighted by molar-refractivity contribution is 5.93. The number of hydrogen-bond donors (Lipinski definition) is 1. The molecule has 1 N–H and O–H groups in total. The molecule has 1 saturated carbocycles. The van der Waals surface area contributed by atoms with Crippen molar-refractivity contribution in [3.8, 4) is 17.2 Å². The fourth-order valence-corrected chi connectivity index (χ4v) is 3.93. The number of carbonyl (C=O) groups is 1. The van der Waals surface area contributed by atoms with Gasteiger partial charge >= 0.3 is 0 Å². The third-order valence-electron chi connectivity index (χ3n) is 5.93. The van der Waals surface area contributed by atoms with Crippen LogP contribution in [0.5, 0.6) is 5.75 Å². The van der Waals surface area contributed by atoms with Gasteiger partial charge in [0.25, 0.3) is 11.4 Å². The SMILES string of the molecule is COc1ccc(C(C)NC(=O)Cn2c(=O)cc(-c3nc(C4CC4)no3)c3ccccc32)cc1. The van der Waals surface area contributed by atoms with Gasteiger partial charge in [0, 0.05) is 17.4 Å². The minimum atomic E-state index is -0.304. The van der Waals surface area contributed by atoms with Gasteiger partial charge < -0.3 is 14.6 Å². The second-order valence-electron chi connectivity index (χ2n) is 8.29. The highest BCUT2D eigenvalue weighted by atomic mass is 16.5. The number of para-hydroxylation sites is 1. The average molecular weight is 444 g/mol. The number of benzene rings is 2. The summed E-state index contributed by atoms with van der Waals surface area (Å²) in [5.74, 6) is 1.86. The van der Waals surface area contributed by atoms with Gasteiger partial charge in [-0.05, 0) is 43.5 Å². The van der Waals surface area contributed by atoms with Crippen molar-refractivity contribution in [2.24, 2.45) is 0 Å². The molecule has 1 amide bonds. The number of methoxy groups -OCH3 is 1. The van der Waals surface area contributed by atoms with Gasteiger partial charge in [0.1, 0.15) is 12.3 Å². The summed E-state index contributed by atoms with van der Waals surface area (Å²) in [6, 6.07) is 16.2. The second kappa shape index (κ2) is 8.54. The largest absolute Gasteiger partial charge is 0.497 e. The summed E-state index contributed by atoms with van der Waals surface area (Å²) in [6.45, 7) is 1.80. The third-order valence-corrected chi connectivity index (χ3v) is 5.93. The number of fused-ring (bicyclic) bond motifs is 1. The first-order valence-electron chi connectivity index (χ1n) is 10.9. The molecule has 1 fully saturated rings. The highest BCUT2D eigenvalue weighted by Crippen LogP contribution is 2.39. The van der Waals surface area contributed by atoms with Crippen molar-refractivity contribution in [3.05, 3.63) is 76.3 Å². The van der Waals surface area contributed by atoms with Crippen LogP contribution in [0.4, 0.5) is 0 Å². The van der Waals surface area contributed by atoms with E-state index in [1.807, 2.05) is 55.5 Å². The molecule has 4 aromatic rings. The molecule has 1 aliphatic carbocycles. The van der Waals surface area contributed by atoms with Crippen LogP contribution in [0.2, 0.25) is 0 Å². The van der Waals surface area contributed by atoms with E-state index in [1.54, 1.807) is 7.11 Å². The Kier molecular flexibility index (Phi) is 5.42. The summed E-state index contributed by atoms with van der Waals surface area (Å²) in [4.78, 5) is 30.3. The lowest BCUT2D eigenvalue weighted by atomic mass is 10.1. The predicted molar refractivity (Wildman–Crippen MR) is 123 cm³/mol. The molecule has 8 nitrogen and oxygen atoms in total. The van der Waals surface area contributed by atoms with Crippen LogP contribution in [0.15, 0.2) is 63.9 Å². The maximum atomic E-state index is 13.0. The normalized spacial score (nSPS) is 14.2. The number of carbonyl (C=O) groups excluding carboxylic acids is 1. The Morgan fingerprint density at radius 2 is 1.97 bits per heavy atom. The standard InChI is InChI=1S/C25H24N4O4/c1-15(16-9-11-18(32-2)12-10-16)26-22(30)14-29-21-6-4-3-5-19(21)20(13-23(29)31)25-27-24(28-33-25)17-7-8-17/h3-6,9-13,15,17H,7-8,14H2,1-2H3,(H,26,30). The number of nitrogens with one attached hydrogen (secondary N) is 1. The number of amides is 1. The zero-order valence-corrected chi connectivity index (χ0v) is 18.4. The Morgan fingerprint density at radius 3 is 2.70 bits per heavy atom. The van der Waals surface area contributed by atoms with Crippen LogP contribution in [0.3, 0.4) is 0 Å². The van der Waals surface area contributed by atoms with E-state index in [4.69, 9.17) is 9.26 Å². The minimum absolute atomic E-state index is 0.0999. The first-order valence-corrected chi connectivity index (χ1v) is 10.9. The van der Waals surface area contributed by atoms with Crippen molar-refractivity contribution in [2.45, 2.75) is 38.3 Å². The van der Waals surface area contributed by atoms with E-state index in [-0.39, 0.29) is 24.1 Å². The smallest absolute Gasteiger partial charge is 0.258 e. The van der Waals surface area contributed by atoms with Gasteiger partial charge in [0.15, 0.2) is 5.82 Å². The summed E-state index contributed by atoms with van der Waals surface area (Å²) < 4.78 is 12.1. The number of aromatic nitrogens is 3. The Morgan fingerprint density at radius 1 is 1.21 bits per heavy atom. The van der Waals surface area contributed by atoms with Crippen molar-refractivity contribution in [2.75, 3.05) is 7.11 Å². The highest BCUT2D eigenvalue weighted by Gasteiger charge is 2.29. The molecule has 8 heteroatoms. The Labute approximate surface area is 190 Å². The summed E-state index contributed by atoms with van der Waals surface area (Å²) >= 11 is 0. The van der Waals surface area contributed by atoms with Crippen molar-refractivity contribution in [3.63, 3.8) is 0 Å². The van der Waals surface area contributed by atoms with Crippen molar-refractivity contribution < 1.29 is 14.1 Å². The van der Waals surface area contributed by atoms with E-state index in [1.165, 1.54) is 10.6 Å². The second-order valence-corrected chi connectivity index (χ2v) is 8.29. The molecule has 2 aromatic carbocycles. The lowest BCUT2D eigenvalue weighted by molar-refractivity contribution is -0.122. The molecule has 0 aliphatic heterocycles. The molecule has 0 bridgehead atoms. The first kappa shape index (κ1) is 20.9. The molecular formula is C25H24N4O4. The van der Waals surface area contributed by atoms with Gasteiger partial charge in [-0.2, -0.15) is 4.98 Å². The molecular weight excluding hydrogens is 420 g/mol. The van der Waals surface area contributed by atoms with E-state index in [2.05, 4.69) is 15.5 Å². The number of hydrogen-bond acceptors (Lipinski definition) is 6. The third kappa shape index (κ3) is 4.24. The summed E-state index contributed by atoms with van der Waals surface area (Å²) in [6.07, 6.45) is 2.12. The molecule has 1 atom stereocenters. The summed E-state index contributed by atoms with van der Waals surface area (Å²) in [7, 11) is 1.61. The van der Waals surface area contributed by atoms with Crippen LogP contribution in [0, 0.1) is 0 Å². The molecule has 168 valence electrons. The number of ether oxygens (including phenoxy) is 1. The van der Waals surface area contributed by atoms with Crippen LogP contribution in [0.25, 0.3) is 22.4 Å². The fraction of sp³-hybridized carbons (Fsp3) is 0.280. The van der Waals surface area contributed by atoms with E-state index in [0.717, 1.165) is 29.5 Å². The molecule has 2 heterocycles. The molecule has 0 spiro atoms. The quantitative estimate of drug-likeness (QED) is 0.465. The number of nitrogens with zero attached hydrogens (tertiary/aromatic N) is 3. The maximum absolute atomic E-state index is 13.0. The van der Waals surface area contributed by atoms with Crippen LogP contribution in [0.1, 0.15) is 43.1 Å². The lowest BCUT2D eigenvalue weighted by Crippen LogP contribution is -2.34. The Balaban J connectivity index is 1.41. The van der Waals surface area contributed by atoms with E-state index >= 15 is 0 Å². The molecule has 1 unspecified atom stereocenters. The zero-order chi connectivity index (χ0) is 22.9. The van der Waals surface area contributed by atoms with Gasteiger partial charge in [0.05, 0.1) is 24.2 Å². The Hall–Kier alpha value is -3.94. The van der Waals surface area contributed by atoms with E-state index in [9.17, 15) is 9.59 Å². The van der Waals surface area contributed by atoms with Crippen LogP contribution in [-0.4, -0.2) is 27.7 Å². The zero-order valence-electron chi connectivity index (χ0n) is 18.4.